The van der Waals surface area contributed by atoms with Gasteiger partial charge in [0.25, 0.3) is 0 Å². The smallest absolute Gasteiger partial charge is 0.252 e. The first-order valence-electron chi connectivity index (χ1n) is 4.86. The van der Waals surface area contributed by atoms with E-state index >= 15 is 0 Å². The highest BCUT2D eigenvalue weighted by Gasteiger charge is 2.30. The van der Waals surface area contributed by atoms with E-state index in [0.29, 0.717) is 5.56 Å². The Morgan fingerprint density at radius 3 is 2.72 bits per heavy atom. The Morgan fingerprint density at radius 2 is 2.11 bits per heavy atom. The van der Waals surface area contributed by atoms with Crippen molar-refractivity contribution in [3.8, 4) is 0 Å². The second-order valence-electron chi connectivity index (χ2n) is 3.48. The first kappa shape index (κ1) is 12.7. The maximum atomic E-state index is 12.5. The van der Waals surface area contributed by atoms with Gasteiger partial charge in [0.15, 0.2) is 0 Å². The highest BCUT2D eigenvalue weighted by atomic mass is 32.2. The first-order chi connectivity index (χ1) is 8.47. The zero-order chi connectivity index (χ0) is 13.2. The minimum absolute atomic E-state index is 0.0425. The van der Waals surface area contributed by atoms with Crippen molar-refractivity contribution >= 4 is 10.8 Å². The topological polar surface area (TPSA) is 58.6 Å². The molecule has 1 N–H and O–H groups in total. The Labute approximate surface area is 103 Å². The summed E-state index contributed by atoms with van der Waals surface area (Å²) < 4.78 is 49.2. The fraction of sp³-hybridized carbons (Fsp3) is 0.200. The van der Waals surface area contributed by atoms with E-state index in [1.165, 1.54) is 18.5 Å². The predicted molar refractivity (Wildman–Crippen MR) is 57.9 cm³/mol. The van der Waals surface area contributed by atoms with Crippen LogP contribution in [0.25, 0.3) is 0 Å². The molecule has 0 fully saturated rings. The molecule has 1 atom stereocenters. The van der Waals surface area contributed by atoms with Crippen LogP contribution in [-0.4, -0.2) is 19.4 Å². The molecule has 1 aromatic carbocycles. The number of nitrogens with one attached hydrogen (secondary N) is 1. The minimum atomic E-state index is -4.40. The Kier molecular flexibility index (Phi) is 3.46. The number of benzene rings is 1. The van der Waals surface area contributed by atoms with Crippen molar-refractivity contribution in [3.63, 3.8) is 0 Å². The molecule has 0 bridgehead atoms. The van der Waals surface area contributed by atoms with Gasteiger partial charge in [-0.15, -0.1) is 0 Å². The van der Waals surface area contributed by atoms with Gasteiger partial charge in [0.1, 0.15) is 6.33 Å². The van der Waals surface area contributed by atoms with E-state index in [-0.39, 0.29) is 10.9 Å². The highest BCUT2D eigenvalue weighted by Crippen LogP contribution is 2.29. The van der Waals surface area contributed by atoms with Crippen molar-refractivity contribution < 1.29 is 17.4 Å². The molecule has 2 aromatic rings. The number of hydrogen-bond donors (Lipinski definition) is 1. The van der Waals surface area contributed by atoms with Gasteiger partial charge in [0, 0.05) is 0 Å². The number of hydrogen-bond acceptors (Lipinski definition) is 3. The van der Waals surface area contributed by atoms with Gasteiger partial charge >= 0.3 is 6.18 Å². The number of halogens is 3. The molecule has 2 rings (SSSR count). The van der Waals surface area contributed by atoms with E-state index in [0.717, 1.165) is 12.1 Å². The SMILES string of the molecule is O=S(Cc1cccc(C(F)(F)F)c1)c1ncn[nH]1. The summed E-state index contributed by atoms with van der Waals surface area (Å²) in [7, 11) is -1.53. The summed E-state index contributed by atoms with van der Waals surface area (Å²) in [6.07, 6.45) is -3.21. The summed E-state index contributed by atoms with van der Waals surface area (Å²) in [6.45, 7) is 0. The number of aromatic nitrogens is 3. The van der Waals surface area contributed by atoms with Gasteiger partial charge in [0.05, 0.1) is 22.1 Å². The Balaban J connectivity index is 2.18. The lowest BCUT2D eigenvalue weighted by atomic mass is 10.1. The molecule has 96 valence electrons. The summed E-state index contributed by atoms with van der Waals surface area (Å²) >= 11 is 0. The van der Waals surface area contributed by atoms with Crippen LogP contribution in [-0.2, 0) is 22.7 Å². The molecule has 1 unspecified atom stereocenters. The van der Waals surface area contributed by atoms with E-state index in [9.17, 15) is 17.4 Å². The van der Waals surface area contributed by atoms with Crippen molar-refractivity contribution in [1.29, 1.82) is 0 Å². The quantitative estimate of drug-likeness (QED) is 0.933. The largest absolute Gasteiger partial charge is 0.416 e. The summed E-state index contributed by atoms with van der Waals surface area (Å²) in [6, 6.07) is 4.73. The fourth-order valence-electron chi connectivity index (χ4n) is 1.36. The molecule has 1 aromatic heterocycles. The van der Waals surface area contributed by atoms with Gasteiger partial charge < -0.3 is 0 Å². The molecule has 18 heavy (non-hydrogen) atoms. The van der Waals surface area contributed by atoms with Crippen molar-refractivity contribution in [2.24, 2.45) is 0 Å². The maximum Gasteiger partial charge on any atom is 0.416 e. The Morgan fingerprint density at radius 1 is 1.33 bits per heavy atom. The average molecular weight is 275 g/mol. The van der Waals surface area contributed by atoms with Crippen LogP contribution in [0.4, 0.5) is 13.2 Å². The molecule has 0 saturated heterocycles. The summed E-state index contributed by atoms with van der Waals surface area (Å²) in [5, 5.41) is 6.10. The number of rotatable bonds is 3. The van der Waals surface area contributed by atoms with Crippen LogP contribution in [0.2, 0.25) is 0 Å². The van der Waals surface area contributed by atoms with E-state index in [4.69, 9.17) is 0 Å². The van der Waals surface area contributed by atoms with Gasteiger partial charge in [-0.05, 0) is 11.6 Å². The molecule has 0 spiro atoms. The second-order valence-corrected chi connectivity index (χ2v) is 4.85. The van der Waals surface area contributed by atoms with Crippen molar-refractivity contribution in [2.75, 3.05) is 0 Å². The number of nitrogens with zero attached hydrogens (tertiary/aromatic N) is 2. The van der Waals surface area contributed by atoms with Gasteiger partial charge in [-0.2, -0.15) is 18.3 Å². The van der Waals surface area contributed by atoms with Gasteiger partial charge in [0.2, 0.25) is 5.16 Å². The van der Waals surface area contributed by atoms with E-state index in [2.05, 4.69) is 15.2 Å². The van der Waals surface area contributed by atoms with Crippen LogP contribution in [0, 0.1) is 0 Å². The zero-order valence-electron chi connectivity index (χ0n) is 8.94. The highest BCUT2D eigenvalue weighted by molar-refractivity contribution is 7.84. The third kappa shape index (κ3) is 2.95. The third-order valence-electron chi connectivity index (χ3n) is 2.16. The standard InChI is InChI=1S/C10H8F3N3OS/c11-10(12,13)8-3-1-2-7(4-8)5-18(17)9-14-6-15-16-9/h1-4,6H,5H2,(H,14,15,16). The first-order valence-corrected chi connectivity index (χ1v) is 6.18. The van der Waals surface area contributed by atoms with Crippen molar-refractivity contribution in [2.45, 2.75) is 17.1 Å². The van der Waals surface area contributed by atoms with Gasteiger partial charge in [-0.1, -0.05) is 18.2 Å². The van der Waals surface area contributed by atoms with Crippen LogP contribution in [0.5, 0.6) is 0 Å². The van der Waals surface area contributed by atoms with E-state index < -0.39 is 22.5 Å². The monoisotopic (exact) mass is 275 g/mol. The van der Waals surface area contributed by atoms with Crippen LogP contribution < -0.4 is 0 Å². The number of alkyl halides is 3. The molecule has 8 heteroatoms. The zero-order valence-corrected chi connectivity index (χ0v) is 9.76. The van der Waals surface area contributed by atoms with Gasteiger partial charge in [-0.3, -0.25) is 9.31 Å². The number of aromatic amines is 1. The summed E-state index contributed by atoms with van der Waals surface area (Å²) in [4.78, 5) is 3.69. The normalized spacial score (nSPS) is 13.5. The van der Waals surface area contributed by atoms with Crippen LogP contribution in [0.1, 0.15) is 11.1 Å². The van der Waals surface area contributed by atoms with Crippen molar-refractivity contribution in [1.82, 2.24) is 15.2 Å². The molecule has 0 aliphatic carbocycles. The number of H-pyrrole nitrogens is 1. The molecule has 4 nitrogen and oxygen atoms in total. The van der Waals surface area contributed by atoms with Crippen LogP contribution >= 0.6 is 0 Å². The molecular weight excluding hydrogens is 267 g/mol. The molecule has 1 heterocycles. The lowest BCUT2D eigenvalue weighted by Crippen LogP contribution is -2.06. The van der Waals surface area contributed by atoms with Crippen LogP contribution in [0.15, 0.2) is 35.7 Å². The third-order valence-corrected chi connectivity index (χ3v) is 3.38. The molecular formula is C10H8F3N3OS. The molecule has 0 aliphatic rings. The molecule has 0 aliphatic heterocycles. The van der Waals surface area contributed by atoms with E-state index in [1.807, 2.05) is 0 Å². The lowest BCUT2D eigenvalue weighted by molar-refractivity contribution is -0.137. The minimum Gasteiger partial charge on any atom is -0.252 e. The van der Waals surface area contributed by atoms with Crippen LogP contribution in [0.3, 0.4) is 0 Å². The Hall–Kier alpha value is -1.70. The average Bonchev–Trinajstić information content (AvgIpc) is 2.81. The predicted octanol–water partition coefficient (Wildman–Crippen LogP) is 2.13. The van der Waals surface area contributed by atoms with E-state index in [1.54, 1.807) is 0 Å². The molecule has 0 saturated carbocycles. The second kappa shape index (κ2) is 4.89. The fourth-order valence-corrected chi connectivity index (χ4v) is 2.30. The lowest BCUT2D eigenvalue weighted by Gasteiger charge is -2.07. The van der Waals surface area contributed by atoms with Crippen molar-refractivity contribution in [3.05, 3.63) is 41.7 Å². The van der Waals surface area contributed by atoms with Gasteiger partial charge in [-0.25, -0.2) is 4.98 Å². The maximum absolute atomic E-state index is 12.5. The molecule has 0 amide bonds. The summed E-state index contributed by atoms with van der Waals surface area (Å²) in [5.41, 5.74) is -0.422. The Bertz CT molecular complexity index is 554. The molecule has 0 radical (unpaired) electrons. The summed E-state index contributed by atoms with van der Waals surface area (Å²) in [5.74, 6) is -0.0425.